The molecule has 0 aliphatic heterocycles. The molecule has 0 fully saturated rings. The van der Waals surface area contributed by atoms with Crippen molar-refractivity contribution in [2.24, 2.45) is 0 Å². The number of aryl methyl sites for hydroxylation is 1. The number of aliphatic hydroxyl groups is 1. The van der Waals surface area contributed by atoms with Gasteiger partial charge in [-0.15, -0.1) is 0 Å². The van der Waals surface area contributed by atoms with Crippen molar-refractivity contribution in [2.45, 2.75) is 25.6 Å². The quantitative estimate of drug-likeness (QED) is 0.831. The second-order valence-corrected chi connectivity index (χ2v) is 4.91. The van der Waals surface area contributed by atoms with E-state index in [0.29, 0.717) is 11.1 Å². The Bertz CT molecular complexity index is 617. The Morgan fingerprint density at radius 2 is 1.67 bits per heavy atom. The zero-order chi connectivity index (χ0) is 15.6. The molecule has 0 amide bonds. The number of halogens is 4. The minimum atomic E-state index is -4.39. The number of alkyl halides is 3. The van der Waals surface area contributed by atoms with Gasteiger partial charge in [-0.2, -0.15) is 13.2 Å². The van der Waals surface area contributed by atoms with E-state index in [1.54, 1.807) is 13.0 Å². The normalized spacial score (nSPS) is 13.2. The highest BCUT2D eigenvalue weighted by Crippen LogP contribution is 2.30. The van der Waals surface area contributed by atoms with Crippen molar-refractivity contribution in [3.8, 4) is 0 Å². The fourth-order valence-corrected chi connectivity index (χ4v) is 2.11. The number of hydrogen-bond donors (Lipinski definition) is 1. The summed E-state index contributed by atoms with van der Waals surface area (Å²) in [6.07, 6.45) is -5.11. The SMILES string of the molecule is Cc1cc(F)ccc1CC(O)c1ccc(C(F)(F)F)cc1. The fourth-order valence-electron chi connectivity index (χ4n) is 2.11. The third-order valence-electron chi connectivity index (χ3n) is 3.34. The lowest BCUT2D eigenvalue weighted by molar-refractivity contribution is -0.137. The average Bonchev–Trinajstić information content (AvgIpc) is 2.41. The molecule has 0 radical (unpaired) electrons. The molecular formula is C16H14F4O. The lowest BCUT2D eigenvalue weighted by atomic mass is 9.97. The highest BCUT2D eigenvalue weighted by Gasteiger charge is 2.30. The van der Waals surface area contributed by atoms with Crippen molar-refractivity contribution in [1.82, 2.24) is 0 Å². The minimum absolute atomic E-state index is 0.220. The van der Waals surface area contributed by atoms with Crippen LogP contribution < -0.4 is 0 Å². The lowest BCUT2D eigenvalue weighted by Gasteiger charge is -2.14. The van der Waals surface area contributed by atoms with E-state index in [0.717, 1.165) is 17.7 Å². The molecule has 112 valence electrons. The van der Waals surface area contributed by atoms with Gasteiger partial charge in [0.2, 0.25) is 0 Å². The monoisotopic (exact) mass is 298 g/mol. The number of hydrogen-bond acceptors (Lipinski definition) is 1. The van der Waals surface area contributed by atoms with Crippen LogP contribution in [-0.4, -0.2) is 5.11 Å². The van der Waals surface area contributed by atoms with Gasteiger partial charge in [-0.05, 0) is 47.9 Å². The maximum atomic E-state index is 13.0. The number of benzene rings is 2. The van der Waals surface area contributed by atoms with E-state index in [9.17, 15) is 22.7 Å². The summed E-state index contributed by atoms with van der Waals surface area (Å²) in [5.41, 5.74) is 1.09. The van der Waals surface area contributed by atoms with Crippen LogP contribution in [0.5, 0.6) is 0 Å². The standard InChI is InChI=1S/C16H14F4O/c1-10-8-14(17)7-4-12(10)9-15(21)11-2-5-13(6-3-11)16(18,19)20/h2-8,15,21H,9H2,1H3. The molecule has 0 aliphatic rings. The lowest BCUT2D eigenvalue weighted by Crippen LogP contribution is -2.07. The molecule has 1 N–H and O–H groups in total. The molecule has 2 aromatic rings. The van der Waals surface area contributed by atoms with Crippen LogP contribution in [-0.2, 0) is 12.6 Å². The summed E-state index contributed by atoms with van der Waals surface area (Å²) < 4.78 is 50.4. The molecule has 1 nitrogen and oxygen atoms in total. The van der Waals surface area contributed by atoms with E-state index in [1.165, 1.54) is 24.3 Å². The molecule has 2 aromatic carbocycles. The molecule has 2 rings (SSSR count). The highest BCUT2D eigenvalue weighted by molar-refractivity contribution is 5.31. The minimum Gasteiger partial charge on any atom is -0.388 e. The highest BCUT2D eigenvalue weighted by atomic mass is 19.4. The molecule has 0 aliphatic carbocycles. The molecule has 1 unspecified atom stereocenters. The van der Waals surface area contributed by atoms with Gasteiger partial charge >= 0.3 is 6.18 Å². The van der Waals surface area contributed by atoms with Crippen LogP contribution in [0.3, 0.4) is 0 Å². The van der Waals surface area contributed by atoms with Gasteiger partial charge in [-0.1, -0.05) is 18.2 Å². The number of rotatable bonds is 3. The Hall–Kier alpha value is -1.88. The van der Waals surface area contributed by atoms with Crippen molar-refractivity contribution < 1.29 is 22.7 Å². The summed E-state index contributed by atoms with van der Waals surface area (Å²) in [7, 11) is 0. The smallest absolute Gasteiger partial charge is 0.388 e. The zero-order valence-electron chi connectivity index (χ0n) is 11.3. The van der Waals surface area contributed by atoms with Crippen LogP contribution in [0.4, 0.5) is 17.6 Å². The molecule has 0 aromatic heterocycles. The van der Waals surface area contributed by atoms with E-state index in [-0.39, 0.29) is 12.2 Å². The molecule has 0 heterocycles. The van der Waals surface area contributed by atoms with E-state index < -0.39 is 17.8 Å². The van der Waals surface area contributed by atoms with Gasteiger partial charge in [0.15, 0.2) is 0 Å². The third kappa shape index (κ3) is 3.82. The van der Waals surface area contributed by atoms with Gasteiger partial charge < -0.3 is 5.11 Å². The average molecular weight is 298 g/mol. The topological polar surface area (TPSA) is 20.2 Å². The number of aliphatic hydroxyl groups excluding tert-OH is 1. The molecular weight excluding hydrogens is 284 g/mol. The first-order valence-corrected chi connectivity index (χ1v) is 6.37. The van der Waals surface area contributed by atoms with Gasteiger partial charge in [0.25, 0.3) is 0 Å². The molecule has 1 atom stereocenters. The van der Waals surface area contributed by atoms with Crippen LogP contribution in [0.15, 0.2) is 42.5 Å². The maximum Gasteiger partial charge on any atom is 0.416 e. The molecule has 0 saturated heterocycles. The van der Waals surface area contributed by atoms with Gasteiger partial charge in [0.1, 0.15) is 5.82 Å². The van der Waals surface area contributed by atoms with Crippen molar-refractivity contribution in [3.63, 3.8) is 0 Å². The molecule has 0 spiro atoms. The summed E-state index contributed by atoms with van der Waals surface area (Å²) in [6.45, 7) is 1.72. The van der Waals surface area contributed by atoms with E-state index in [4.69, 9.17) is 0 Å². The Morgan fingerprint density at radius 3 is 2.19 bits per heavy atom. The van der Waals surface area contributed by atoms with Crippen molar-refractivity contribution in [2.75, 3.05) is 0 Å². The Labute approximate surface area is 119 Å². The summed E-state index contributed by atoms with van der Waals surface area (Å²) in [5.74, 6) is -0.361. The van der Waals surface area contributed by atoms with Crippen molar-refractivity contribution in [3.05, 3.63) is 70.5 Å². The third-order valence-corrected chi connectivity index (χ3v) is 3.34. The molecule has 21 heavy (non-hydrogen) atoms. The van der Waals surface area contributed by atoms with Crippen LogP contribution in [0, 0.1) is 12.7 Å². The van der Waals surface area contributed by atoms with Crippen molar-refractivity contribution in [1.29, 1.82) is 0 Å². The first-order valence-electron chi connectivity index (χ1n) is 6.37. The van der Waals surface area contributed by atoms with Gasteiger partial charge in [-0.3, -0.25) is 0 Å². The second kappa shape index (κ2) is 5.85. The van der Waals surface area contributed by atoms with Crippen LogP contribution in [0.25, 0.3) is 0 Å². The molecule has 0 saturated carbocycles. The predicted molar refractivity (Wildman–Crippen MR) is 71.2 cm³/mol. The first-order chi connectivity index (χ1) is 9.77. The Kier molecular flexibility index (Phi) is 4.32. The van der Waals surface area contributed by atoms with E-state index in [1.807, 2.05) is 0 Å². The largest absolute Gasteiger partial charge is 0.416 e. The maximum absolute atomic E-state index is 13.0. The zero-order valence-corrected chi connectivity index (χ0v) is 11.3. The van der Waals surface area contributed by atoms with Crippen molar-refractivity contribution >= 4 is 0 Å². The van der Waals surface area contributed by atoms with Gasteiger partial charge in [0, 0.05) is 6.42 Å². The van der Waals surface area contributed by atoms with Crippen LogP contribution >= 0.6 is 0 Å². The second-order valence-electron chi connectivity index (χ2n) is 4.91. The first kappa shape index (κ1) is 15.5. The molecule has 0 bridgehead atoms. The summed E-state index contributed by atoms with van der Waals surface area (Å²) in [5, 5.41) is 10.1. The fraction of sp³-hybridized carbons (Fsp3) is 0.250. The van der Waals surface area contributed by atoms with E-state index >= 15 is 0 Å². The predicted octanol–water partition coefficient (Wildman–Crippen LogP) is 4.43. The van der Waals surface area contributed by atoms with Gasteiger partial charge in [-0.25, -0.2) is 4.39 Å². The summed E-state index contributed by atoms with van der Waals surface area (Å²) in [6, 6.07) is 8.61. The van der Waals surface area contributed by atoms with E-state index in [2.05, 4.69) is 0 Å². The summed E-state index contributed by atoms with van der Waals surface area (Å²) in [4.78, 5) is 0. The van der Waals surface area contributed by atoms with Crippen LogP contribution in [0.1, 0.15) is 28.4 Å². The Balaban J connectivity index is 2.15. The Morgan fingerprint density at radius 1 is 1.05 bits per heavy atom. The van der Waals surface area contributed by atoms with Gasteiger partial charge in [0.05, 0.1) is 11.7 Å². The molecule has 5 heteroatoms. The van der Waals surface area contributed by atoms with Crippen LogP contribution in [0.2, 0.25) is 0 Å². The summed E-state index contributed by atoms with van der Waals surface area (Å²) >= 11 is 0.